The Bertz CT molecular complexity index is 485. The molecule has 2 rings (SSSR count). The molecule has 1 atom stereocenters. The first-order valence-electron chi connectivity index (χ1n) is 5.35. The lowest BCUT2D eigenvalue weighted by Gasteiger charge is -2.18. The van der Waals surface area contributed by atoms with Gasteiger partial charge in [-0.2, -0.15) is 0 Å². The number of nitrogens with zero attached hydrogens (tertiary/aromatic N) is 1. The van der Waals surface area contributed by atoms with Gasteiger partial charge in [-0.15, -0.1) is 0 Å². The Morgan fingerprint density at radius 2 is 2.12 bits per heavy atom. The maximum absolute atomic E-state index is 11.8. The van der Waals surface area contributed by atoms with Crippen LogP contribution in [-0.4, -0.2) is 29.4 Å². The van der Waals surface area contributed by atoms with Gasteiger partial charge in [-0.05, 0) is 25.5 Å². The molecule has 1 aromatic rings. The zero-order valence-electron chi connectivity index (χ0n) is 9.31. The Morgan fingerprint density at radius 1 is 1.41 bits per heavy atom. The van der Waals surface area contributed by atoms with Crippen LogP contribution in [0, 0.1) is 0 Å². The van der Waals surface area contributed by atoms with Gasteiger partial charge in [-0.25, -0.2) is 0 Å². The third-order valence-corrected chi connectivity index (χ3v) is 3.02. The molecule has 0 fully saturated rings. The van der Waals surface area contributed by atoms with Crippen molar-refractivity contribution < 1.29 is 14.7 Å². The normalized spacial score (nSPS) is 16.3. The fourth-order valence-electron chi connectivity index (χ4n) is 1.84. The highest BCUT2D eigenvalue weighted by atomic mass is 35.5. The number of hydrogen-bond acceptors (Lipinski definition) is 3. The number of aliphatic hydroxyl groups excluding tert-OH is 1. The molecule has 0 saturated heterocycles. The second-order valence-corrected chi connectivity index (χ2v) is 4.47. The number of halogens is 1. The van der Waals surface area contributed by atoms with Crippen molar-refractivity contribution in [1.29, 1.82) is 0 Å². The van der Waals surface area contributed by atoms with Crippen LogP contribution in [0.3, 0.4) is 0 Å². The van der Waals surface area contributed by atoms with Gasteiger partial charge in [0.15, 0.2) is 0 Å². The van der Waals surface area contributed by atoms with Crippen LogP contribution in [0.2, 0.25) is 5.02 Å². The van der Waals surface area contributed by atoms with Crippen molar-refractivity contribution in [3.8, 4) is 0 Å². The number of para-hydroxylation sites is 1. The fraction of sp³-hybridized carbons (Fsp3) is 0.333. The fourth-order valence-corrected chi connectivity index (χ4v) is 2.12. The predicted octanol–water partition coefficient (Wildman–Crippen LogP) is 1.64. The molecule has 0 bridgehead atoms. The lowest BCUT2D eigenvalue weighted by Crippen LogP contribution is -2.32. The SMILES string of the molecule is CC(O)CCN1C(=O)C(=O)c2cccc(Cl)c21. The quantitative estimate of drug-likeness (QED) is 0.833. The topological polar surface area (TPSA) is 57.6 Å². The largest absolute Gasteiger partial charge is 0.393 e. The molecule has 0 radical (unpaired) electrons. The number of ketones is 1. The third kappa shape index (κ3) is 2.06. The second kappa shape index (κ2) is 4.47. The van der Waals surface area contributed by atoms with Crippen LogP contribution in [0.5, 0.6) is 0 Å². The Labute approximate surface area is 104 Å². The molecular formula is C12H12ClNO3. The lowest BCUT2D eigenvalue weighted by molar-refractivity contribution is -0.114. The summed E-state index contributed by atoms with van der Waals surface area (Å²) >= 11 is 6.00. The molecule has 4 nitrogen and oxygen atoms in total. The molecule has 0 aromatic heterocycles. The standard InChI is InChI=1S/C12H12ClNO3/c1-7(15)5-6-14-10-8(11(16)12(14)17)3-2-4-9(10)13/h2-4,7,15H,5-6H2,1H3. The van der Waals surface area contributed by atoms with Gasteiger partial charge in [0.05, 0.1) is 22.4 Å². The monoisotopic (exact) mass is 253 g/mol. The molecular weight excluding hydrogens is 242 g/mol. The van der Waals surface area contributed by atoms with Crippen molar-refractivity contribution in [3.63, 3.8) is 0 Å². The van der Waals surface area contributed by atoms with Crippen molar-refractivity contribution in [2.24, 2.45) is 0 Å². The molecule has 1 aliphatic heterocycles. The van der Waals surface area contributed by atoms with Gasteiger partial charge in [-0.1, -0.05) is 17.7 Å². The first kappa shape index (κ1) is 12.1. The van der Waals surface area contributed by atoms with E-state index >= 15 is 0 Å². The molecule has 0 saturated carbocycles. The van der Waals surface area contributed by atoms with Gasteiger partial charge in [0.1, 0.15) is 0 Å². The number of hydrogen-bond donors (Lipinski definition) is 1. The molecule has 0 aliphatic carbocycles. The highest BCUT2D eigenvalue weighted by molar-refractivity contribution is 6.54. The zero-order valence-corrected chi connectivity index (χ0v) is 10.1. The van der Waals surface area contributed by atoms with E-state index in [0.717, 1.165) is 0 Å². The molecule has 17 heavy (non-hydrogen) atoms. The Balaban J connectivity index is 2.36. The summed E-state index contributed by atoms with van der Waals surface area (Å²) in [5, 5.41) is 9.61. The van der Waals surface area contributed by atoms with E-state index in [-0.39, 0.29) is 0 Å². The number of fused-ring (bicyclic) bond motifs is 1. The molecule has 0 spiro atoms. The molecule has 1 heterocycles. The maximum Gasteiger partial charge on any atom is 0.299 e. The summed E-state index contributed by atoms with van der Waals surface area (Å²) < 4.78 is 0. The molecule has 1 unspecified atom stereocenters. The summed E-state index contributed by atoms with van der Waals surface area (Å²) in [7, 11) is 0. The number of benzene rings is 1. The zero-order chi connectivity index (χ0) is 12.6. The van der Waals surface area contributed by atoms with Crippen LogP contribution in [0.25, 0.3) is 0 Å². The number of aliphatic hydroxyl groups is 1. The number of carbonyl (C=O) groups excluding carboxylic acids is 2. The highest BCUT2D eigenvalue weighted by Gasteiger charge is 2.36. The summed E-state index contributed by atoms with van der Waals surface area (Å²) in [5.74, 6) is -1.11. The summed E-state index contributed by atoms with van der Waals surface area (Å²) in [6.07, 6.45) is -0.117. The molecule has 1 amide bonds. The van der Waals surface area contributed by atoms with Gasteiger partial charge in [0.25, 0.3) is 11.7 Å². The average Bonchev–Trinajstić information content (AvgIpc) is 2.52. The van der Waals surface area contributed by atoms with Gasteiger partial charge in [-0.3, -0.25) is 9.59 Å². The van der Waals surface area contributed by atoms with Crippen molar-refractivity contribution in [2.45, 2.75) is 19.4 Å². The first-order valence-corrected chi connectivity index (χ1v) is 5.73. The van der Waals surface area contributed by atoms with E-state index in [9.17, 15) is 14.7 Å². The summed E-state index contributed by atoms with van der Waals surface area (Å²) in [5.41, 5.74) is 0.804. The van der Waals surface area contributed by atoms with Crippen LogP contribution in [-0.2, 0) is 4.79 Å². The lowest BCUT2D eigenvalue weighted by atomic mass is 10.1. The Kier molecular flexibility index (Phi) is 3.17. The minimum absolute atomic E-state index is 0.291. The second-order valence-electron chi connectivity index (χ2n) is 4.06. The predicted molar refractivity (Wildman–Crippen MR) is 64.4 cm³/mol. The van der Waals surface area contributed by atoms with E-state index in [0.29, 0.717) is 29.2 Å². The number of anilines is 1. The van der Waals surface area contributed by atoms with E-state index in [1.807, 2.05) is 0 Å². The van der Waals surface area contributed by atoms with Crippen LogP contribution >= 0.6 is 11.6 Å². The Morgan fingerprint density at radius 3 is 2.76 bits per heavy atom. The van der Waals surface area contributed by atoms with Crippen LogP contribution in [0.4, 0.5) is 5.69 Å². The summed E-state index contributed by atoms with van der Waals surface area (Å²) in [4.78, 5) is 24.8. The smallest absolute Gasteiger partial charge is 0.299 e. The van der Waals surface area contributed by atoms with Gasteiger partial charge in [0, 0.05) is 6.54 Å². The average molecular weight is 254 g/mol. The molecule has 1 N–H and O–H groups in total. The Hall–Kier alpha value is -1.39. The van der Waals surface area contributed by atoms with Crippen molar-refractivity contribution in [2.75, 3.05) is 11.4 Å². The van der Waals surface area contributed by atoms with E-state index in [1.165, 1.54) is 4.90 Å². The van der Waals surface area contributed by atoms with E-state index in [4.69, 9.17) is 11.6 Å². The number of rotatable bonds is 3. The van der Waals surface area contributed by atoms with Crippen LogP contribution < -0.4 is 4.90 Å². The minimum atomic E-state index is -0.575. The maximum atomic E-state index is 11.8. The van der Waals surface area contributed by atoms with E-state index < -0.39 is 17.8 Å². The molecule has 1 aliphatic rings. The number of amides is 1. The minimum Gasteiger partial charge on any atom is -0.393 e. The van der Waals surface area contributed by atoms with Crippen molar-refractivity contribution in [1.82, 2.24) is 0 Å². The molecule has 1 aromatic carbocycles. The van der Waals surface area contributed by atoms with Crippen LogP contribution in [0.1, 0.15) is 23.7 Å². The van der Waals surface area contributed by atoms with Crippen molar-refractivity contribution >= 4 is 29.0 Å². The van der Waals surface area contributed by atoms with Crippen LogP contribution in [0.15, 0.2) is 18.2 Å². The van der Waals surface area contributed by atoms with E-state index in [1.54, 1.807) is 25.1 Å². The van der Waals surface area contributed by atoms with Crippen molar-refractivity contribution in [3.05, 3.63) is 28.8 Å². The third-order valence-electron chi connectivity index (χ3n) is 2.71. The van der Waals surface area contributed by atoms with Gasteiger partial charge in [0.2, 0.25) is 0 Å². The summed E-state index contributed by atoms with van der Waals surface area (Å²) in [6, 6.07) is 4.87. The molecule has 5 heteroatoms. The highest BCUT2D eigenvalue weighted by Crippen LogP contribution is 2.35. The first-order chi connectivity index (χ1) is 8.02. The van der Waals surface area contributed by atoms with Gasteiger partial charge >= 0.3 is 0 Å². The number of carbonyl (C=O) groups is 2. The van der Waals surface area contributed by atoms with E-state index in [2.05, 4.69) is 0 Å². The van der Waals surface area contributed by atoms with Gasteiger partial charge < -0.3 is 10.0 Å². The number of Topliss-reactive ketones (excluding diaryl/α,β-unsaturated/α-hetero) is 1. The summed E-state index contributed by atoms with van der Waals surface area (Å²) in [6.45, 7) is 1.93. The molecule has 90 valence electrons.